The van der Waals surface area contributed by atoms with E-state index < -0.39 is 12.0 Å². The molecule has 1 aromatic heterocycles. The van der Waals surface area contributed by atoms with E-state index in [2.05, 4.69) is 28.0 Å². The number of H-pyrrole nitrogens is 1. The maximum Gasteiger partial charge on any atom is 0.426 e. The molecule has 122 valence electrons. The van der Waals surface area contributed by atoms with E-state index in [4.69, 9.17) is 4.74 Å². The highest BCUT2D eigenvalue weighted by Crippen LogP contribution is 2.17. The second-order valence-corrected chi connectivity index (χ2v) is 5.25. The molecule has 0 saturated carbocycles. The highest BCUT2D eigenvalue weighted by Gasteiger charge is 2.11. The molecule has 0 fully saturated rings. The summed E-state index contributed by atoms with van der Waals surface area (Å²) in [5.74, 6) is -0.227. The van der Waals surface area contributed by atoms with Crippen LogP contribution in [-0.2, 0) is 4.74 Å². The number of carbonyl (C=O) groups excluding carboxylic acids is 2. The van der Waals surface area contributed by atoms with Gasteiger partial charge in [-0.3, -0.25) is 15.3 Å². The van der Waals surface area contributed by atoms with Gasteiger partial charge in [0.2, 0.25) is 0 Å². The van der Waals surface area contributed by atoms with Crippen LogP contribution in [0.15, 0.2) is 36.4 Å². The third-order valence-electron chi connectivity index (χ3n) is 3.37. The van der Waals surface area contributed by atoms with Gasteiger partial charge in [-0.1, -0.05) is 37.3 Å². The number of aromatic nitrogens is 2. The summed E-state index contributed by atoms with van der Waals surface area (Å²) in [6.07, 6.45) is -0.00455. The second kappa shape index (κ2) is 7.98. The number of amides is 2. The van der Waals surface area contributed by atoms with E-state index in [-0.39, 0.29) is 18.2 Å². The van der Waals surface area contributed by atoms with Crippen molar-refractivity contribution in [2.75, 3.05) is 6.61 Å². The average Bonchev–Trinajstić information content (AvgIpc) is 3.00. The minimum atomic E-state index is -0.703. The molecule has 2 amide bonds. The van der Waals surface area contributed by atoms with Crippen LogP contribution in [-0.4, -0.2) is 28.8 Å². The van der Waals surface area contributed by atoms with Crippen molar-refractivity contribution >= 4 is 12.0 Å². The topological polar surface area (TPSA) is 96.1 Å². The van der Waals surface area contributed by atoms with Crippen molar-refractivity contribution in [3.8, 4) is 0 Å². The molecule has 0 bridgehead atoms. The van der Waals surface area contributed by atoms with E-state index >= 15 is 0 Å². The van der Waals surface area contributed by atoms with E-state index in [1.165, 1.54) is 5.56 Å². The summed E-state index contributed by atoms with van der Waals surface area (Å²) in [7, 11) is 0. The number of hydrogen-bond donors (Lipinski definition) is 3. The maximum atomic E-state index is 11.7. The number of carbonyl (C=O) groups is 2. The number of benzene rings is 1. The summed E-state index contributed by atoms with van der Waals surface area (Å²) in [4.78, 5) is 23.2. The molecular weight excluding hydrogens is 296 g/mol. The molecule has 1 heterocycles. The van der Waals surface area contributed by atoms with Crippen molar-refractivity contribution in [2.24, 2.45) is 0 Å². The van der Waals surface area contributed by atoms with Crippen LogP contribution in [0.3, 0.4) is 0 Å². The normalized spacial score (nSPS) is 11.6. The van der Waals surface area contributed by atoms with Crippen LogP contribution in [0.2, 0.25) is 0 Å². The molecule has 1 unspecified atom stereocenters. The van der Waals surface area contributed by atoms with Crippen LogP contribution < -0.4 is 10.9 Å². The summed E-state index contributed by atoms with van der Waals surface area (Å²) in [6.45, 7) is 4.11. The summed E-state index contributed by atoms with van der Waals surface area (Å²) in [5, 5.41) is 6.43. The number of rotatable bonds is 5. The Balaban J connectivity index is 1.66. The summed E-state index contributed by atoms with van der Waals surface area (Å²) < 4.78 is 5.03. The van der Waals surface area contributed by atoms with Crippen molar-refractivity contribution in [1.82, 2.24) is 21.0 Å². The quantitative estimate of drug-likeness (QED) is 0.737. The minimum Gasteiger partial charge on any atom is -0.448 e. The van der Waals surface area contributed by atoms with Crippen LogP contribution >= 0.6 is 0 Å². The number of nitrogens with zero attached hydrogens (tertiary/aromatic N) is 1. The Morgan fingerprint density at radius 2 is 2.00 bits per heavy atom. The lowest BCUT2D eigenvalue weighted by atomic mass is 9.98. The van der Waals surface area contributed by atoms with Gasteiger partial charge in [0.15, 0.2) is 5.69 Å². The SMILES string of the molecule is Cc1cc(C(=O)NNC(=O)OCCC(C)c2ccccc2)n[nH]1. The zero-order valence-corrected chi connectivity index (χ0v) is 13.1. The largest absolute Gasteiger partial charge is 0.448 e. The number of aryl methyl sites for hydroxylation is 1. The Bertz CT molecular complexity index is 654. The van der Waals surface area contributed by atoms with Crippen LogP contribution in [0, 0.1) is 6.92 Å². The minimum absolute atomic E-state index is 0.195. The van der Waals surface area contributed by atoms with Gasteiger partial charge in [0.05, 0.1) is 6.61 Å². The Morgan fingerprint density at radius 3 is 2.65 bits per heavy atom. The Hall–Kier alpha value is -2.83. The fourth-order valence-electron chi connectivity index (χ4n) is 2.02. The Morgan fingerprint density at radius 1 is 1.26 bits per heavy atom. The van der Waals surface area contributed by atoms with Gasteiger partial charge in [0.25, 0.3) is 5.91 Å². The van der Waals surface area contributed by atoms with Crippen LogP contribution in [0.1, 0.15) is 41.0 Å². The number of aromatic amines is 1. The van der Waals surface area contributed by atoms with Crippen molar-refractivity contribution in [3.63, 3.8) is 0 Å². The van der Waals surface area contributed by atoms with E-state index in [1.54, 1.807) is 13.0 Å². The first-order chi connectivity index (χ1) is 11.1. The lowest BCUT2D eigenvalue weighted by Gasteiger charge is -2.12. The van der Waals surface area contributed by atoms with E-state index in [9.17, 15) is 9.59 Å². The lowest BCUT2D eigenvalue weighted by molar-refractivity contribution is 0.0903. The predicted octanol–water partition coefficient (Wildman–Crippen LogP) is 2.28. The van der Waals surface area contributed by atoms with Crippen molar-refractivity contribution in [3.05, 3.63) is 53.3 Å². The molecule has 3 N–H and O–H groups in total. The third-order valence-corrected chi connectivity index (χ3v) is 3.37. The smallest absolute Gasteiger partial charge is 0.426 e. The molecule has 0 radical (unpaired) electrons. The molecule has 1 aromatic carbocycles. The number of nitrogens with one attached hydrogen (secondary N) is 3. The van der Waals surface area contributed by atoms with Crippen LogP contribution in [0.25, 0.3) is 0 Å². The molecule has 0 aliphatic rings. The van der Waals surface area contributed by atoms with Gasteiger partial charge in [-0.25, -0.2) is 10.2 Å². The molecule has 2 aromatic rings. The zero-order chi connectivity index (χ0) is 16.7. The monoisotopic (exact) mass is 316 g/mol. The average molecular weight is 316 g/mol. The van der Waals surface area contributed by atoms with Gasteiger partial charge in [0.1, 0.15) is 0 Å². The molecule has 23 heavy (non-hydrogen) atoms. The predicted molar refractivity (Wildman–Crippen MR) is 84.7 cm³/mol. The fraction of sp³-hybridized carbons (Fsp3) is 0.312. The van der Waals surface area contributed by atoms with E-state index in [0.29, 0.717) is 6.42 Å². The third kappa shape index (κ3) is 5.14. The first-order valence-electron chi connectivity index (χ1n) is 7.36. The van der Waals surface area contributed by atoms with Gasteiger partial charge >= 0.3 is 6.09 Å². The van der Waals surface area contributed by atoms with Crippen molar-refractivity contribution in [1.29, 1.82) is 0 Å². The molecule has 7 nitrogen and oxygen atoms in total. The number of hydrazine groups is 1. The molecule has 0 aliphatic heterocycles. The van der Waals surface area contributed by atoms with Crippen LogP contribution in [0.4, 0.5) is 4.79 Å². The van der Waals surface area contributed by atoms with Gasteiger partial charge in [-0.2, -0.15) is 5.10 Å². The highest BCUT2D eigenvalue weighted by molar-refractivity contribution is 5.93. The molecule has 7 heteroatoms. The first kappa shape index (κ1) is 16.5. The number of hydrogen-bond acceptors (Lipinski definition) is 4. The van der Waals surface area contributed by atoms with E-state index in [0.717, 1.165) is 5.69 Å². The summed E-state index contributed by atoms with van der Waals surface area (Å²) in [5.41, 5.74) is 6.57. The van der Waals surface area contributed by atoms with Crippen molar-refractivity contribution < 1.29 is 14.3 Å². The Labute approximate surface area is 134 Å². The van der Waals surface area contributed by atoms with Gasteiger partial charge in [-0.15, -0.1) is 0 Å². The Kier molecular flexibility index (Phi) is 5.74. The van der Waals surface area contributed by atoms with Crippen LogP contribution in [0.5, 0.6) is 0 Å². The van der Waals surface area contributed by atoms with Gasteiger partial charge in [0, 0.05) is 5.69 Å². The zero-order valence-electron chi connectivity index (χ0n) is 13.1. The summed E-state index contributed by atoms with van der Waals surface area (Å²) >= 11 is 0. The molecular formula is C16H20N4O3. The maximum absolute atomic E-state index is 11.7. The van der Waals surface area contributed by atoms with Crippen molar-refractivity contribution in [2.45, 2.75) is 26.2 Å². The van der Waals surface area contributed by atoms with Gasteiger partial charge in [-0.05, 0) is 30.9 Å². The second-order valence-electron chi connectivity index (χ2n) is 5.25. The fourth-order valence-corrected chi connectivity index (χ4v) is 2.02. The molecule has 0 spiro atoms. The summed E-state index contributed by atoms with van der Waals surface area (Å²) in [6, 6.07) is 11.6. The first-order valence-corrected chi connectivity index (χ1v) is 7.36. The lowest BCUT2D eigenvalue weighted by Crippen LogP contribution is -2.42. The molecule has 1 atom stereocenters. The molecule has 0 aliphatic carbocycles. The highest BCUT2D eigenvalue weighted by atomic mass is 16.6. The molecule has 2 rings (SSSR count). The van der Waals surface area contributed by atoms with E-state index in [1.807, 2.05) is 30.3 Å². The van der Waals surface area contributed by atoms with Gasteiger partial charge < -0.3 is 4.74 Å². The standard InChI is InChI=1S/C16H20N4O3/c1-11(13-6-4-3-5-7-13)8-9-23-16(22)20-19-15(21)14-10-12(2)17-18-14/h3-7,10-11H,8-9H2,1-2H3,(H,17,18)(H,19,21)(H,20,22). The number of ether oxygens (including phenoxy) is 1. The molecule has 0 saturated heterocycles.